The number of fused-ring (bicyclic) bond motifs is 3. The number of nitrogens with one attached hydrogen (secondary N) is 1. The topological polar surface area (TPSA) is 79.6 Å². The van der Waals surface area contributed by atoms with Crippen LogP contribution in [0.5, 0.6) is 0 Å². The van der Waals surface area contributed by atoms with E-state index < -0.39 is 15.9 Å². The van der Waals surface area contributed by atoms with Crippen molar-refractivity contribution in [3.63, 3.8) is 0 Å². The van der Waals surface area contributed by atoms with Gasteiger partial charge < -0.3 is 9.73 Å². The predicted octanol–water partition coefficient (Wildman–Crippen LogP) is 4.95. The highest BCUT2D eigenvalue weighted by Gasteiger charge is 2.22. The lowest BCUT2D eigenvalue weighted by Crippen LogP contribution is -2.37. The number of aryl methyl sites for hydroxylation is 1. The van der Waals surface area contributed by atoms with E-state index in [2.05, 4.69) is 5.32 Å². The molecule has 0 radical (unpaired) electrons. The molecule has 0 spiro atoms. The highest BCUT2D eigenvalue weighted by molar-refractivity contribution is 7.92. The second-order valence-electron chi connectivity index (χ2n) is 7.06. The summed E-state index contributed by atoms with van der Waals surface area (Å²) in [6, 6.07) is 17.9. The van der Waals surface area contributed by atoms with Crippen LogP contribution in [0.3, 0.4) is 0 Å². The number of hydrogen-bond donors (Lipinski definition) is 1. The maximum absolute atomic E-state index is 12.7. The van der Waals surface area contributed by atoms with Gasteiger partial charge in [0.2, 0.25) is 15.9 Å². The van der Waals surface area contributed by atoms with E-state index in [0.717, 1.165) is 26.9 Å². The van der Waals surface area contributed by atoms with Gasteiger partial charge in [-0.1, -0.05) is 29.8 Å². The molecule has 3 aromatic carbocycles. The van der Waals surface area contributed by atoms with E-state index in [1.54, 1.807) is 37.3 Å². The summed E-state index contributed by atoms with van der Waals surface area (Å²) in [7, 11) is -3.68. The molecule has 1 N–H and O–H groups in total. The fourth-order valence-electron chi connectivity index (χ4n) is 3.41. The summed E-state index contributed by atoms with van der Waals surface area (Å²) in [5, 5.41) is 5.18. The van der Waals surface area contributed by atoms with Crippen molar-refractivity contribution >= 4 is 60.8 Å². The Labute approximate surface area is 179 Å². The van der Waals surface area contributed by atoms with Crippen molar-refractivity contribution in [2.75, 3.05) is 22.4 Å². The molecule has 0 aliphatic rings. The van der Waals surface area contributed by atoms with Crippen molar-refractivity contribution in [3.8, 4) is 0 Å². The quantitative estimate of drug-likeness (QED) is 0.474. The van der Waals surface area contributed by atoms with Gasteiger partial charge in [0.1, 0.15) is 17.7 Å². The number of sulfonamides is 1. The zero-order valence-corrected chi connectivity index (χ0v) is 17.9. The zero-order valence-electron chi connectivity index (χ0n) is 16.3. The van der Waals surface area contributed by atoms with Crippen molar-refractivity contribution in [2.45, 2.75) is 6.92 Å². The molecular weight excluding hydrogens is 424 g/mol. The fourth-order valence-corrected chi connectivity index (χ4v) is 4.55. The SMILES string of the molecule is Cc1cc(Cl)ccc1N(CC(=O)Nc1ccc2c(c1)oc1ccccc12)S(C)(=O)=O. The molecule has 30 heavy (non-hydrogen) atoms. The summed E-state index contributed by atoms with van der Waals surface area (Å²) in [5.41, 5.74) is 2.99. The Morgan fingerprint density at radius 1 is 1.03 bits per heavy atom. The van der Waals surface area contributed by atoms with Crippen LogP contribution < -0.4 is 9.62 Å². The highest BCUT2D eigenvalue weighted by Crippen LogP contribution is 2.30. The van der Waals surface area contributed by atoms with Gasteiger partial charge in [0.25, 0.3) is 0 Å². The van der Waals surface area contributed by atoms with Gasteiger partial charge in [-0.3, -0.25) is 9.10 Å². The van der Waals surface area contributed by atoms with Gasteiger partial charge in [0.15, 0.2) is 0 Å². The number of benzene rings is 3. The Bertz CT molecular complexity index is 1380. The number of halogens is 1. The fraction of sp³-hybridized carbons (Fsp3) is 0.136. The summed E-state index contributed by atoms with van der Waals surface area (Å²) in [6.07, 6.45) is 1.06. The minimum Gasteiger partial charge on any atom is -0.456 e. The van der Waals surface area contributed by atoms with Crippen molar-refractivity contribution in [3.05, 3.63) is 71.2 Å². The molecule has 0 unspecified atom stereocenters. The molecule has 0 aliphatic heterocycles. The summed E-state index contributed by atoms with van der Waals surface area (Å²) < 4.78 is 31.6. The maximum atomic E-state index is 12.7. The minimum atomic E-state index is -3.68. The number of hydrogen-bond acceptors (Lipinski definition) is 4. The smallest absolute Gasteiger partial charge is 0.245 e. The van der Waals surface area contributed by atoms with Crippen LogP contribution in [0, 0.1) is 6.92 Å². The first-order chi connectivity index (χ1) is 14.2. The minimum absolute atomic E-state index is 0.362. The molecule has 0 atom stereocenters. The third-order valence-corrected chi connectivity index (χ3v) is 6.14. The molecule has 1 amide bonds. The van der Waals surface area contributed by atoms with Crippen LogP contribution in [-0.4, -0.2) is 27.1 Å². The molecule has 6 nitrogen and oxygen atoms in total. The number of carbonyl (C=O) groups excluding carboxylic acids is 1. The Morgan fingerprint density at radius 2 is 1.77 bits per heavy atom. The van der Waals surface area contributed by atoms with E-state index in [0.29, 0.717) is 27.5 Å². The van der Waals surface area contributed by atoms with Crippen LogP contribution in [0.1, 0.15) is 5.56 Å². The number of carbonyl (C=O) groups is 1. The van der Waals surface area contributed by atoms with Crippen LogP contribution in [-0.2, 0) is 14.8 Å². The molecule has 0 saturated heterocycles. The van der Waals surface area contributed by atoms with Gasteiger partial charge in [0, 0.05) is 27.5 Å². The highest BCUT2D eigenvalue weighted by atomic mass is 35.5. The second-order valence-corrected chi connectivity index (χ2v) is 9.40. The van der Waals surface area contributed by atoms with Crippen LogP contribution in [0.2, 0.25) is 5.02 Å². The zero-order chi connectivity index (χ0) is 21.5. The summed E-state index contributed by atoms with van der Waals surface area (Å²) >= 11 is 5.97. The molecule has 0 saturated carbocycles. The molecule has 0 fully saturated rings. The normalized spacial score (nSPS) is 11.7. The standard InChI is InChI=1S/C22H19ClN2O4S/c1-14-11-15(23)7-10-19(14)25(30(2,27)28)13-22(26)24-16-8-9-18-17-5-3-4-6-20(17)29-21(18)12-16/h3-12H,13H2,1-2H3,(H,24,26). The molecule has 0 bridgehead atoms. The first-order valence-corrected chi connectivity index (χ1v) is 11.4. The van der Waals surface area contributed by atoms with E-state index in [9.17, 15) is 13.2 Å². The Kier molecular flexibility index (Phi) is 5.17. The van der Waals surface area contributed by atoms with Crippen molar-refractivity contribution < 1.29 is 17.6 Å². The largest absolute Gasteiger partial charge is 0.456 e. The van der Waals surface area contributed by atoms with E-state index >= 15 is 0 Å². The number of anilines is 2. The molecule has 4 rings (SSSR count). The molecule has 1 aromatic heterocycles. The lowest BCUT2D eigenvalue weighted by atomic mass is 10.1. The number of para-hydroxylation sites is 1. The number of furan rings is 1. The first-order valence-electron chi connectivity index (χ1n) is 9.17. The summed E-state index contributed by atoms with van der Waals surface area (Å²) in [5.74, 6) is -0.467. The molecule has 154 valence electrons. The maximum Gasteiger partial charge on any atom is 0.245 e. The Balaban J connectivity index is 1.59. The van der Waals surface area contributed by atoms with Crippen LogP contribution >= 0.6 is 11.6 Å². The molecular formula is C22H19ClN2O4S. The molecule has 8 heteroatoms. The molecule has 1 heterocycles. The van der Waals surface area contributed by atoms with E-state index in [-0.39, 0.29) is 6.54 Å². The van der Waals surface area contributed by atoms with Crippen LogP contribution in [0.15, 0.2) is 65.1 Å². The molecule has 4 aromatic rings. The monoisotopic (exact) mass is 442 g/mol. The van der Waals surface area contributed by atoms with Crippen LogP contribution in [0.4, 0.5) is 11.4 Å². The van der Waals surface area contributed by atoms with E-state index in [1.807, 2.05) is 30.3 Å². The third-order valence-electron chi connectivity index (χ3n) is 4.78. The van der Waals surface area contributed by atoms with Gasteiger partial charge in [-0.2, -0.15) is 0 Å². The third kappa shape index (κ3) is 3.99. The Hall–Kier alpha value is -3.03. The lowest BCUT2D eigenvalue weighted by Gasteiger charge is -2.23. The number of rotatable bonds is 5. The van der Waals surface area contributed by atoms with Crippen LogP contribution in [0.25, 0.3) is 21.9 Å². The van der Waals surface area contributed by atoms with Crippen molar-refractivity contribution in [1.82, 2.24) is 0 Å². The summed E-state index contributed by atoms with van der Waals surface area (Å²) in [6.45, 7) is 1.38. The van der Waals surface area contributed by atoms with Gasteiger partial charge in [0.05, 0.1) is 11.9 Å². The average molecular weight is 443 g/mol. The van der Waals surface area contributed by atoms with E-state index in [1.165, 1.54) is 0 Å². The number of amides is 1. The van der Waals surface area contributed by atoms with Gasteiger partial charge >= 0.3 is 0 Å². The first kappa shape index (κ1) is 20.3. The van der Waals surface area contributed by atoms with Gasteiger partial charge in [-0.05, 0) is 48.9 Å². The Morgan fingerprint density at radius 3 is 2.50 bits per heavy atom. The number of nitrogens with zero attached hydrogens (tertiary/aromatic N) is 1. The lowest BCUT2D eigenvalue weighted by molar-refractivity contribution is -0.114. The average Bonchev–Trinajstić information content (AvgIpc) is 3.03. The second kappa shape index (κ2) is 7.66. The van der Waals surface area contributed by atoms with Crippen molar-refractivity contribution in [1.29, 1.82) is 0 Å². The predicted molar refractivity (Wildman–Crippen MR) is 121 cm³/mol. The van der Waals surface area contributed by atoms with Gasteiger partial charge in [-0.15, -0.1) is 0 Å². The molecule has 0 aliphatic carbocycles. The van der Waals surface area contributed by atoms with Crippen molar-refractivity contribution in [2.24, 2.45) is 0 Å². The summed E-state index contributed by atoms with van der Waals surface area (Å²) in [4.78, 5) is 12.7. The van der Waals surface area contributed by atoms with Gasteiger partial charge in [-0.25, -0.2) is 8.42 Å². The van der Waals surface area contributed by atoms with E-state index in [4.69, 9.17) is 16.0 Å².